The summed E-state index contributed by atoms with van der Waals surface area (Å²) >= 11 is 0. The van der Waals surface area contributed by atoms with Gasteiger partial charge in [-0.3, -0.25) is 9.59 Å². The first-order valence-electron chi connectivity index (χ1n) is 8.19. The van der Waals surface area contributed by atoms with Crippen LogP contribution in [0.4, 0.5) is 10.1 Å². The third kappa shape index (κ3) is 3.43. The zero-order valence-electron chi connectivity index (χ0n) is 14.0. The Morgan fingerprint density at radius 2 is 2.11 bits per heavy atom. The van der Waals surface area contributed by atoms with Crippen LogP contribution in [0.5, 0.6) is 0 Å². The highest BCUT2D eigenvalue weighted by molar-refractivity contribution is 5.99. The Bertz CT molecular complexity index is 969. The van der Waals surface area contributed by atoms with Crippen LogP contribution in [0.3, 0.4) is 0 Å². The number of nitrogens with zero attached hydrogens (tertiary/aromatic N) is 3. The molecule has 1 aliphatic heterocycles. The number of carbonyl (C=O) groups is 2. The zero-order valence-corrected chi connectivity index (χ0v) is 14.0. The second-order valence-corrected chi connectivity index (χ2v) is 5.94. The van der Waals surface area contributed by atoms with E-state index in [0.717, 1.165) is 0 Å². The van der Waals surface area contributed by atoms with E-state index in [2.05, 4.69) is 10.2 Å². The number of anilines is 1. The Hall–Kier alpha value is -3.49. The summed E-state index contributed by atoms with van der Waals surface area (Å²) in [6, 6.07) is 9.26. The largest absolute Gasteiger partial charge is 0.459 e. The molecule has 0 unspecified atom stereocenters. The number of halogens is 1. The molecule has 0 saturated carbocycles. The molecule has 1 atom stereocenters. The fourth-order valence-electron chi connectivity index (χ4n) is 2.83. The van der Waals surface area contributed by atoms with Gasteiger partial charge in [0.2, 0.25) is 5.91 Å². The molecule has 1 saturated heterocycles. The first kappa shape index (κ1) is 17.0. The van der Waals surface area contributed by atoms with Gasteiger partial charge in [-0.15, -0.1) is 10.2 Å². The molecule has 3 heterocycles. The fourth-order valence-corrected chi connectivity index (χ4v) is 2.83. The van der Waals surface area contributed by atoms with E-state index in [1.165, 1.54) is 29.4 Å². The normalized spacial score (nSPS) is 16.7. The smallest absolute Gasteiger partial charge is 0.311 e. The van der Waals surface area contributed by atoms with E-state index in [9.17, 15) is 14.0 Å². The highest BCUT2D eigenvalue weighted by Gasteiger charge is 2.37. The Morgan fingerprint density at radius 1 is 1.26 bits per heavy atom. The molecule has 8 nitrogen and oxygen atoms in total. The summed E-state index contributed by atoms with van der Waals surface area (Å²) in [5, 5.41) is 7.58. The van der Waals surface area contributed by atoms with Crippen molar-refractivity contribution in [2.75, 3.05) is 11.4 Å². The molecule has 0 aliphatic carbocycles. The van der Waals surface area contributed by atoms with Crippen LogP contribution in [0.1, 0.15) is 12.3 Å². The molecule has 138 valence electrons. The van der Waals surface area contributed by atoms with Crippen molar-refractivity contribution in [3.05, 3.63) is 54.4 Å². The number of hydrogen-bond acceptors (Lipinski definition) is 7. The minimum Gasteiger partial charge on any atom is -0.459 e. The lowest BCUT2D eigenvalue weighted by Gasteiger charge is -2.16. The fraction of sp³-hybridized carbons (Fsp3) is 0.222. The third-order valence-electron chi connectivity index (χ3n) is 4.14. The van der Waals surface area contributed by atoms with Gasteiger partial charge in [-0.2, -0.15) is 0 Å². The minimum absolute atomic E-state index is 0.0470. The maximum Gasteiger partial charge on any atom is 0.311 e. The second kappa shape index (κ2) is 7.02. The lowest BCUT2D eigenvalue weighted by molar-refractivity contribution is -0.150. The van der Waals surface area contributed by atoms with Crippen molar-refractivity contribution in [3.8, 4) is 11.7 Å². The molecule has 0 spiro atoms. The van der Waals surface area contributed by atoms with Crippen molar-refractivity contribution >= 4 is 17.6 Å². The van der Waals surface area contributed by atoms with Gasteiger partial charge in [0.05, 0.1) is 17.9 Å². The van der Waals surface area contributed by atoms with Crippen molar-refractivity contribution in [2.24, 2.45) is 5.92 Å². The van der Waals surface area contributed by atoms with E-state index < -0.39 is 17.7 Å². The number of hydrogen-bond donors (Lipinski definition) is 0. The molecule has 4 rings (SSSR count). The van der Waals surface area contributed by atoms with Crippen LogP contribution in [0.2, 0.25) is 0 Å². The first-order valence-corrected chi connectivity index (χ1v) is 8.19. The highest BCUT2D eigenvalue weighted by Crippen LogP contribution is 2.28. The van der Waals surface area contributed by atoms with E-state index >= 15 is 0 Å². The molecular formula is C18H14FN3O5. The molecule has 3 aromatic rings. The molecule has 1 fully saturated rings. The van der Waals surface area contributed by atoms with Gasteiger partial charge >= 0.3 is 5.97 Å². The third-order valence-corrected chi connectivity index (χ3v) is 4.14. The molecule has 0 N–H and O–H groups in total. The number of ether oxygens (including phenoxy) is 1. The quantitative estimate of drug-likeness (QED) is 0.636. The number of para-hydroxylation sites is 1. The van der Waals surface area contributed by atoms with Gasteiger partial charge in [-0.1, -0.05) is 12.1 Å². The molecule has 9 heteroatoms. The van der Waals surface area contributed by atoms with E-state index in [1.807, 2.05) is 0 Å². The van der Waals surface area contributed by atoms with Gasteiger partial charge in [0.15, 0.2) is 12.4 Å². The van der Waals surface area contributed by atoms with Crippen molar-refractivity contribution in [2.45, 2.75) is 13.0 Å². The Morgan fingerprint density at radius 3 is 2.89 bits per heavy atom. The number of amides is 1. The van der Waals surface area contributed by atoms with Gasteiger partial charge in [0.25, 0.3) is 11.8 Å². The number of aromatic nitrogens is 2. The maximum atomic E-state index is 13.9. The van der Waals surface area contributed by atoms with Crippen molar-refractivity contribution in [1.29, 1.82) is 0 Å². The van der Waals surface area contributed by atoms with Crippen molar-refractivity contribution in [1.82, 2.24) is 10.2 Å². The van der Waals surface area contributed by atoms with Gasteiger partial charge in [0.1, 0.15) is 5.82 Å². The van der Waals surface area contributed by atoms with Gasteiger partial charge < -0.3 is 18.5 Å². The lowest BCUT2D eigenvalue weighted by atomic mass is 10.1. The number of furan rings is 1. The lowest BCUT2D eigenvalue weighted by Crippen LogP contribution is -2.27. The Labute approximate surface area is 152 Å². The molecule has 1 amide bonds. The van der Waals surface area contributed by atoms with E-state index in [-0.39, 0.29) is 42.9 Å². The summed E-state index contributed by atoms with van der Waals surface area (Å²) in [7, 11) is 0. The number of esters is 1. The number of carbonyl (C=O) groups excluding carboxylic acids is 2. The summed E-state index contributed by atoms with van der Waals surface area (Å²) in [6.07, 6.45) is 1.42. The van der Waals surface area contributed by atoms with Crippen molar-refractivity contribution in [3.63, 3.8) is 0 Å². The van der Waals surface area contributed by atoms with Gasteiger partial charge in [-0.05, 0) is 24.3 Å². The second-order valence-electron chi connectivity index (χ2n) is 5.94. The molecule has 1 aromatic carbocycles. The minimum atomic E-state index is -0.690. The van der Waals surface area contributed by atoms with Crippen LogP contribution >= 0.6 is 0 Å². The molecule has 1 aliphatic rings. The number of rotatable bonds is 5. The molecule has 0 radical (unpaired) electrons. The van der Waals surface area contributed by atoms with E-state index in [4.69, 9.17) is 13.6 Å². The van der Waals surface area contributed by atoms with Gasteiger partial charge in [-0.25, -0.2) is 4.39 Å². The predicted octanol–water partition coefficient (Wildman–Crippen LogP) is 2.57. The summed E-state index contributed by atoms with van der Waals surface area (Å²) in [5.41, 5.74) is 0.151. The van der Waals surface area contributed by atoms with Gasteiger partial charge in [0, 0.05) is 13.0 Å². The average molecular weight is 371 g/mol. The monoisotopic (exact) mass is 371 g/mol. The standard InChI is InChI=1S/C18H14FN3O5/c19-12-4-1-2-5-13(12)22-9-11(8-16(22)23)18(24)26-10-15-20-21-17(27-15)14-6-3-7-25-14/h1-7,11H,8-10H2/t11-/m1/s1. The Kier molecular flexibility index (Phi) is 4.41. The van der Waals surface area contributed by atoms with Crippen LogP contribution in [0.15, 0.2) is 51.5 Å². The summed E-state index contributed by atoms with van der Waals surface area (Å²) in [6.45, 7) is -0.170. The molecule has 27 heavy (non-hydrogen) atoms. The summed E-state index contributed by atoms with van der Waals surface area (Å²) in [5.74, 6) is -1.44. The molecule has 0 bridgehead atoms. The van der Waals surface area contributed by atoms with Crippen LogP contribution in [0, 0.1) is 11.7 Å². The van der Waals surface area contributed by atoms with E-state index in [0.29, 0.717) is 5.76 Å². The zero-order chi connectivity index (χ0) is 18.8. The van der Waals surface area contributed by atoms with Crippen LogP contribution < -0.4 is 4.90 Å². The highest BCUT2D eigenvalue weighted by atomic mass is 19.1. The Balaban J connectivity index is 1.37. The molecule has 2 aromatic heterocycles. The predicted molar refractivity (Wildman–Crippen MR) is 88.7 cm³/mol. The van der Waals surface area contributed by atoms with Crippen molar-refractivity contribution < 1.29 is 27.6 Å². The average Bonchev–Trinajstić information content (AvgIpc) is 3.40. The summed E-state index contributed by atoms with van der Waals surface area (Å²) in [4.78, 5) is 25.7. The maximum absolute atomic E-state index is 13.9. The first-order chi connectivity index (χ1) is 13.1. The van der Waals surface area contributed by atoms with Crippen LogP contribution in [0.25, 0.3) is 11.7 Å². The van der Waals surface area contributed by atoms with Crippen LogP contribution in [-0.2, 0) is 20.9 Å². The summed E-state index contributed by atoms with van der Waals surface area (Å²) < 4.78 is 29.5. The SMILES string of the molecule is O=C(OCc1nnc(-c2ccco2)o1)[C@@H]1CC(=O)N(c2ccccc2F)C1. The van der Waals surface area contributed by atoms with E-state index in [1.54, 1.807) is 18.2 Å². The topological polar surface area (TPSA) is 98.7 Å². The van der Waals surface area contributed by atoms with Crippen LogP contribution in [-0.4, -0.2) is 28.6 Å². The molecular weight excluding hydrogens is 357 g/mol. The number of benzene rings is 1.